The first-order valence-electron chi connectivity index (χ1n) is 8.02. The largest absolute Gasteiger partial charge is 0.506 e. The van der Waals surface area contributed by atoms with E-state index in [2.05, 4.69) is 5.32 Å². The molecule has 0 radical (unpaired) electrons. The van der Waals surface area contributed by atoms with E-state index < -0.39 is 0 Å². The van der Waals surface area contributed by atoms with E-state index in [1.807, 2.05) is 30.3 Å². The number of aliphatic hydroxyl groups excluding tert-OH is 1. The van der Waals surface area contributed by atoms with E-state index in [1.165, 1.54) is 6.07 Å². The number of benzene rings is 2. The zero-order valence-electron chi connectivity index (χ0n) is 13.2. The highest BCUT2D eigenvalue weighted by Crippen LogP contribution is 2.38. The number of hydrogen-bond acceptors (Lipinski definition) is 3. The first kappa shape index (κ1) is 16.8. The van der Waals surface area contributed by atoms with E-state index in [-0.39, 0.29) is 41.2 Å². The number of aliphatic hydroxyl groups is 1. The molecule has 1 aliphatic carbocycles. The number of amides is 1. The van der Waals surface area contributed by atoms with Crippen LogP contribution in [0.25, 0.3) is 0 Å². The maximum Gasteiger partial charge on any atom is 0.224 e. The normalized spacial score (nSPS) is 20.9. The van der Waals surface area contributed by atoms with Gasteiger partial charge in [-0.1, -0.05) is 48.0 Å². The second-order valence-corrected chi connectivity index (χ2v) is 6.71. The molecule has 0 bridgehead atoms. The molecule has 2 aromatic carbocycles. The Bertz CT molecular complexity index is 714. The molecule has 0 unspecified atom stereocenters. The first-order chi connectivity index (χ1) is 11.5. The van der Waals surface area contributed by atoms with Crippen LogP contribution in [0.15, 0.2) is 48.5 Å². The highest BCUT2D eigenvalue weighted by atomic mass is 35.5. The number of carbonyl (C=O) groups excluding carboxylic acids is 1. The van der Waals surface area contributed by atoms with Gasteiger partial charge in [-0.3, -0.25) is 4.79 Å². The fourth-order valence-electron chi connectivity index (χ4n) is 3.11. The molecule has 0 aliphatic heterocycles. The highest BCUT2D eigenvalue weighted by Gasteiger charge is 2.35. The smallest absolute Gasteiger partial charge is 0.224 e. The maximum absolute atomic E-state index is 12.4. The maximum atomic E-state index is 12.4. The van der Waals surface area contributed by atoms with Crippen LogP contribution in [0.5, 0.6) is 5.75 Å². The average Bonchev–Trinajstić information content (AvgIpc) is 2.54. The van der Waals surface area contributed by atoms with Gasteiger partial charge in [0.05, 0.1) is 23.6 Å². The summed E-state index contributed by atoms with van der Waals surface area (Å²) in [5.41, 5.74) is 1.79. The van der Waals surface area contributed by atoms with Gasteiger partial charge in [0.15, 0.2) is 0 Å². The van der Waals surface area contributed by atoms with Crippen molar-refractivity contribution in [2.45, 2.75) is 31.4 Å². The van der Waals surface area contributed by atoms with Crippen molar-refractivity contribution in [3.63, 3.8) is 0 Å². The Kier molecular flexibility index (Phi) is 5.07. The zero-order chi connectivity index (χ0) is 17.1. The molecule has 2 aromatic rings. The van der Waals surface area contributed by atoms with E-state index in [4.69, 9.17) is 11.6 Å². The van der Waals surface area contributed by atoms with Crippen molar-refractivity contribution in [3.8, 4) is 5.75 Å². The predicted molar refractivity (Wildman–Crippen MR) is 92.9 cm³/mol. The van der Waals surface area contributed by atoms with Crippen LogP contribution in [0.4, 0.5) is 0 Å². The van der Waals surface area contributed by atoms with Gasteiger partial charge >= 0.3 is 0 Å². The molecule has 5 heteroatoms. The Balaban J connectivity index is 1.70. The molecule has 0 spiro atoms. The quantitative estimate of drug-likeness (QED) is 0.779. The summed E-state index contributed by atoms with van der Waals surface area (Å²) in [5, 5.41) is 22.4. The molecule has 0 saturated heterocycles. The lowest BCUT2D eigenvalue weighted by atomic mass is 9.75. The lowest BCUT2D eigenvalue weighted by Gasteiger charge is -2.38. The average molecular weight is 346 g/mol. The van der Waals surface area contributed by atoms with Gasteiger partial charge in [-0.2, -0.15) is 0 Å². The Morgan fingerprint density at radius 1 is 1.21 bits per heavy atom. The number of phenolic OH excluding ortho intramolecular Hbond substituents is 1. The topological polar surface area (TPSA) is 69.6 Å². The van der Waals surface area contributed by atoms with Crippen molar-refractivity contribution in [1.29, 1.82) is 0 Å². The molecule has 1 amide bonds. The third-order valence-electron chi connectivity index (χ3n) is 4.47. The van der Waals surface area contributed by atoms with E-state index >= 15 is 0 Å². The van der Waals surface area contributed by atoms with Crippen molar-refractivity contribution >= 4 is 17.5 Å². The molecule has 3 rings (SSSR count). The van der Waals surface area contributed by atoms with E-state index in [0.717, 1.165) is 11.1 Å². The van der Waals surface area contributed by atoms with Gasteiger partial charge in [-0.05, 0) is 42.0 Å². The molecular formula is C19H20ClNO3. The number of phenols is 1. The van der Waals surface area contributed by atoms with Gasteiger partial charge in [0.2, 0.25) is 5.91 Å². The summed E-state index contributed by atoms with van der Waals surface area (Å²) >= 11 is 5.89. The lowest BCUT2D eigenvalue weighted by Crippen LogP contribution is -2.41. The fraction of sp³-hybridized carbons (Fsp3) is 0.316. The van der Waals surface area contributed by atoms with Gasteiger partial charge in [-0.15, -0.1) is 0 Å². The Morgan fingerprint density at radius 2 is 1.92 bits per heavy atom. The summed E-state index contributed by atoms with van der Waals surface area (Å²) in [6.07, 6.45) is 1.32. The molecule has 3 N–H and O–H groups in total. The SMILES string of the molecule is O=C(Cc1ccc(O)c(Cl)c1)N[C@H](c1ccccc1)C1CC(O)C1. The summed E-state index contributed by atoms with van der Waals surface area (Å²) in [6, 6.07) is 14.5. The van der Waals surface area contributed by atoms with Crippen molar-refractivity contribution in [2.24, 2.45) is 5.92 Å². The Morgan fingerprint density at radius 3 is 2.54 bits per heavy atom. The van der Waals surface area contributed by atoms with E-state index in [1.54, 1.807) is 12.1 Å². The Labute approximate surface area is 146 Å². The number of aromatic hydroxyl groups is 1. The zero-order valence-corrected chi connectivity index (χ0v) is 13.9. The highest BCUT2D eigenvalue weighted by molar-refractivity contribution is 6.32. The first-order valence-corrected chi connectivity index (χ1v) is 8.40. The minimum absolute atomic E-state index is 0.00597. The predicted octanol–water partition coefficient (Wildman–Crippen LogP) is 3.22. The molecule has 0 aromatic heterocycles. The summed E-state index contributed by atoms with van der Waals surface area (Å²) < 4.78 is 0. The Hall–Kier alpha value is -2.04. The van der Waals surface area contributed by atoms with Crippen molar-refractivity contribution in [1.82, 2.24) is 5.32 Å². The van der Waals surface area contributed by atoms with Gasteiger partial charge in [0.1, 0.15) is 5.75 Å². The molecule has 0 heterocycles. The van der Waals surface area contributed by atoms with Crippen LogP contribution in [0.2, 0.25) is 5.02 Å². The van der Waals surface area contributed by atoms with Crippen molar-refractivity contribution in [2.75, 3.05) is 0 Å². The number of carbonyl (C=O) groups is 1. The number of halogens is 1. The second kappa shape index (κ2) is 7.24. The molecule has 1 fully saturated rings. The van der Waals surface area contributed by atoms with Crippen LogP contribution in [0.3, 0.4) is 0 Å². The van der Waals surface area contributed by atoms with Gasteiger partial charge in [-0.25, -0.2) is 0 Å². The van der Waals surface area contributed by atoms with Gasteiger partial charge in [0, 0.05) is 0 Å². The van der Waals surface area contributed by atoms with Crippen LogP contribution in [-0.4, -0.2) is 22.2 Å². The standard InChI is InChI=1S/C19H20ClNO3/c20-16-8-12(6-7-17(16)23)9-18(24)21-19(14-10-15(22)11-14)13-4-2-1-3-5-13/h1-8,14-15,19,22-23H,9-11H2,(H,21,24)/t14?,15?,19-/m1/s1. The number of nitrogens with one attached hydrogen (secondary N) is 1. The van der Waals surface area contributed by atoms with Crippen LogP contribution in [0.1, 0.15) is 30.0 Å². The van der Waals surface area contributed by atoms with E-state index in [9.17, 15) is 15.0 Å². The summed E-state index contributed by atoms with van der Waals surface area (Å²) in [7, 11) is 0. The second-order valence-electron chi connectivity index (χ2n) is 6.30. The van der Waals surface area contributed by atoms with Gasteiger partial charge < -0.3 is 15.5 Å². The minimum atomic E-state index is -0.269. The number of rotatable bonds is 5. The van der Waals surface area contributed by atoms with Crippen LogP contribution < -0.4 is 5.32 Å². The summed E-state index contributed by atoms with van der Waals surface area (Å²) in [6.45, 7) is 0. The monoisotopic (exact) mass is 345 g/mol. The molecule has 1 aliphatic rings. The van der Waals surface area contributed by atoms with Crippen LogP contribution in [0, 0.1) is 5.92 Å². The lowest BCUT2D eigenvalue weighted by molar-refractivity contribution is -0.122. The minimum Gasteiger partial charge on any atom is -0.506 e. The molecule has 126 valence electrons. The molecule has 1 saturated carbocycles. The third kappa shape index (κ3) is 3.89. The molecular weight excluding hydrogens is 326 g/mol. The van der Waals surface area contributed by atoms with E-state index in [0.29, 0.717) is 12.8 Å². The fourth-order valence-corrected chi connectivity index (χ4v) is 3.31. The van der Waals surface area contributed by atoms with Gasteiger partial charge in [0.25, 0.3) is 0 Å². The third-order valence-corrected chi connectivity index (χ3v) is 4.78. The molecule has 24 heavy (non-hydrogen) atoms. The number of hydrogen-bond donors (Lipinski definition) is 3. The van der Waals surface area contributed by atoms with Crippen molar-refractivity contribution < 1.29 is 15.0 Å². The van der Waals surface area contributed by atoms with Crippen LogP contribution in [-0.2, 0) is 11.2 Å². The summed E-state index contributed by atoms with van der Waals surface area (Å²) in [4.78, 5) is 12.4. The summed E-state index contributed by atoms with van der Waals surface area (Å²) in [5.74, 6) is 0.146. The van der Waals surface area contributed by atoms with Crippen molar-refractivity contribution in [3.05, 3.63) is 64.7 Å². The van der Waals surface area contributed by atoms with Crippen LogP contribution >= 0.6 is 11.6 Å². The molecule has 1 atom stereocenters. The molecule has 4 nitrogen and oxygen atoms in total.